The predicted octanol–water partition coefficient (Wildman–Crippen LogP) is 0.969. The van der Waals surface area contributed by atoms with Crippen molar-refractivity contribution in [2.45, 2.75) is 6.42 Å². The van der Waals surface area contributed by atoms with E-state index in [9.17, 15) is 9.18 Å². The molecule has 0 saturated heterocycles. The van der Waals surface area contributed by atoms with Gasteiger partial charge in [-0.3, -0.25) is 4.79 Å². The van der Waals surface area contributed by atoms with Crippen molar-refractivity contribution >= 4 is 16.5 Å². The first kappa shape index (κ1) is 12.3. The van der Waals surface area contributed by atoms with Gasteiger partial charge in [-0.2, -0.15) is 5.10 Å². The Morgan fingerprint density at radius 2 is 2.25 bits per heavy atom. The third kappa shape index (κ3) is 1.93. The van der Waals surface area contributed by atoms with Crippen LogP contribution in [-0.2, 0) is 13.5 Å². The molecule has 0 bridgehead atoms. The molecule has 0 unspecified atom stereocenters. The number of nitrogens with two attached hydrogens (primary N) is 1. The zero-order chi connectivity index (χ0) is 14.3. The minimum Gasteiger partial charge on any atom is -0.398 e. The van der Waals surface area contributed by atoms with Gasteiger partial charge in [-0.05, 0) is 12.1 Å². The molecule has 3 aromatic rings. The van der Waals surface area contributed by atoms with Crippen LogP contribution in [0.5, 0.6) is 0 Å². The van der Waals surface area contributed by atoms with Crippen LogP contribution in [0.3, 0.4) is 0 Å². The Morgan fingerprint density at radius 3 is 2.95 bits per heavy atom. The summed E-state index contributed by atoms with van der Waals surface area (Å²) in [6.07, 6.45) is 3.88. The number of halogens is 1. The fourth-order valence-corrected chi connectivity index (χ4v) is 2.21. The van der Waals surface area contributed by atoms with Crippen LogP contribution < -0.4 is 11.3 Å². The minimum absolute atomic E-state index is 0.196. The quantitative estimate of drug-likeness (QED) is 0.681. The number of nitrogen functional groups attached to an aromatic ring is 1. The van der Waals surface area contributed by atoms with Gasteiger partial charge < -0.3 is 10.3 Å². The number of rotatable bonds is 2. The van der Waals surface area contributed by atoms with Gasteiger partial charge in [-0.15, -0.1) is 0 Å². The van der Waals surface area contributed by atoms with Crippen molar-refractivity contribution in [1.82, 2.24) is 19.7 Å². The Hall–Kier alpha value is -2.70. The van der Waals surface area contributed by atoms with Gasteiger partial charge in [0.1, 0.15) is 11.6 Å². The van der Waals surface area contributed by atoms with Gasteiger partial charge in [0.2, 0.25) is 0 Å². The molecule has 0 aliphatic carbocycles. The maximum absolute atomic E-state index is 13.4. The fourth-order valence-electron chi connectivity index (χ4n) is 2.21. The third-order valence-corrected chi connectivity index (χ3v) is 3.21. The molecule has 1 aromatic carbocycles. The molecule has 2 heterocycles. The summed E-state index contributed by atoms with van der Waals surface area (Å²) >= 11 is 0. The average molecular weight is 273 g/mol. The Kier molecular flexibility index (Phi) is 2.74. The Bertz CT molecular complexity index is 852. The van der Waals surface area contributed by atoms with Gasteiger partial charge in [-0.25, -0.2) is 14.5 Å². The number of nitrogens with zero attached hydrogens (tertiary/aromatic N) is 3. The summed E-state index contributed by atoms with van der Waals surface area (Å²) in [5.74, 6) is 0.226. The lowest BCUT2D eigenvalue weighted by atomic mass is 10.1. The lowest BCUT2D eigenvalue weighted by Gasteiger charge is -2.08. The Balaban J connectivity index is 2.24. The lowest BCUT2D eigenvalue weighted by molar-refractivity contribution is 0.630. The van der Waals surface area contributed by atoms with Crippen LogP contribution in [0.25, 0.3) is 10.8 Å². The van der Waals surface area contributed by atoms with Gasteiger partial charge in [0.05, 0.1) is 17.5 Å². The number of H-pyrrole nitrogens is 1. The van der Waals surface area contributed by atoms with Crippen LogP contribution in [0.15, 0.2) is 29.3 Å². The maximum Gasteiger partial charge on any atom is 0.272 e. The summed E-state index contributed by atoms with van der Waals surface area (Å²) in [5.41, 5.74) is 6.13. The van der Waals surface area contributed by atoms with Crippen molar-refractivity contribution in [1.29, 1.82) is 0 Å². The second-order valence-electron chi connectivity index (χ2n) is 4.55. The number of aromatic amines is 1. The zero-order valence-electron chi connectivity index (χ0n) is 10.7. The standard InChI is InChI=1S/C13H12FN5O/c1-19-3-2-16-11(19)6-10-12-8(13(20)18-17-10)4-7(14)5-9(12)15/h2-5H,6,15H2,1H3,(H,18,20). The van der Waals surface area contributed by atoms with Gasteiger partial charge >= 0.3 is 0 Å². The smallest absolute Gasteiger partial charge is 0.272 e. The van der Waals surface area contributed by atoms with E-state index in [-0.39, 0.29) is 11.1 Å². The van der Waals surface area contributed by atoms with Gasteiger partial charge in [0, 0.05) is 30.5 Å². The van der Waals surface area contributed by atoms with Crippen LogP contribution in [0.4, 0.5) is 10.1 Å². The van der Waals surface area contributed by atoms with Crippen molar-refractivity contribution in [2.24, 2.45) is 7.05 Å². The second kappa shape index (κ2) is 4.44. The van der Waals surface area contributed by atoms with Crippen molar-refractivity contribution in [3.63, 3.8) is 0 Å². The molecule has 0 saturated carbocycles. The summed E-state index contributed by atoms with van der Waals surface area (Å²) in [7, 11) is 1.86. The highest BCUT2D eigenvalue weighted by atomic mass is 19.1. The first-order valence-corrected chi connectivity index (χ1v) is 5.98. The molecule has 20 heavy (non-hydrogen) atoms. The van der Waals surface area contributed by atoms with E-state index in [1.807, 2.05) is 17.8 Å². The monoisotopic (exact) mass is 273 g/mol. The second-order valence-corrected chi connectivity index (χ2v) is 4.55. The lowest BCUT2D eigenvalue weighted by Crippen LogP contribution is -2.14. The van der Waals surface area contributed by atoms with Crippen molar-refractivity contribution < 1.29 is 4.39 Å². The number of aryl methyl sites for hydroxylation is 1. The van der Waals surface area contributed by atoms with Gasteiger partial charge in [-0.1, -0.05) is 0 Å². The minimum atomic E-state index is -0.547. The van der Waals surface area contributed by atoms with Crippen LogP contribution >= 0.6 is 0 Å². The molecule has 102 valence electrons. The van der Waals surface area contributed by atoms with E-state index < -0.39 is 11.4 Å². The number of imidazole rings is 1. The molecule has 7 heteroatoms. The van der Waals surface area contributed by atoms with Crippen LogP contribution in [0.1, 0.15) is 11.5 Å². The van der Waals surface area contributed by atoms with E-state index in [0.29, 0.717) is 17.5 Å². The van der Waals surface area contributed by atoms with Crippen LogP contribution in [-0.4, -0.2) is 19.7 Å². The first-order valence-electron chi connectivity index (χ1n) is 5.98. The molecule has 0 atom stereocenters. The highest BCUT2D eigenvalue weighted by Crippen LogP contribution is 2.23. The SMILES string of the molecule is Cn1ccnc1Cc1n[nH]c(=O)c2cc(F)cc(N)c12. The van der Waals surface area contributed by atoms with Gasteiger partial charge in [0.15, 0.2) is 0 Å². The molecule has 0 fully saturated rings. The summed E-state index contributed by atoms with van der Waals surface area (Å²) < 4.78 is 15.2. The summed E-state index contributed by atoms with van der Waals surface area (Å²) in [4.78, 5) is 15.9. The maximum atomic E-state index is 13.4. The number of aromatic nitrogens is 4. The third-order valence-electron chi connectivity index (χ3n) is 3.21. The van der Waals surface area contributed by atoms with Crippen molar-refractivity contribution in [3.05, 3.63) is 52.2 Å². The normalized spacial score (nSPS) is 11.1. The van der Waals surface area contributed by atoms with E-state index >= 15 is 0 Å². The molecular weight excluding hydrogens is 261 g/mol. The molecule has 0 aliphatic rings. The number of benzene rings is 1. The number of hydrogen-bond donors (Lipinski definition) is 2. The molecule has 0 aliphatic heterocycles. The van der Waals surface area contributed by atoms with Crippen LogP contribution in [0, 0.1) is 5.82 Å². The molecule has 0 spiro atoms. The zero-order valence-corrected chi connectivity index (χ0v) is 10.7. The largest absolute Gasteiger partial charge is 0.398 e. The predicted molar refractivity (Wildman–Crippen MR) is 72.7 cm³/mol. The Morgan fingerprint density at radius 1 is 1.45 bits per heavy atom. The molecule has 3 rings (SSSR count). The van der Waals surface area contributed by atoms with E-state index in [0.717, 1.165) is 11.9 Å². The summed E-state index contributed by atoms with van der Waals surface area (Å²) in [6.45, 7) is 0. The number of hydrogen-bond acceptors (Lipinski definition) is 4. The van der Waals surface area contributed by atoms with E-state index in [2.05, 4.69) is 15.2 Å². The number of nitrogens with one attached hydrogen (secondary N) is 1. The van der Waals surface area contributed by atoms with Gasteiger partial charge in [0.25, 0.3) is 5.56 Å². The van der Waals surface area contributed by atoms with E-state index in [1.165, 1.54) is 6.07 Å². The molecule has 3 N–H and O–H groups in total. The highest BCUT2D eigenvalue weighted by molar-refractivity contribution is 5.94. The molecule has 2 aromatic heterocycles. The van der Waals surface area contributed by atoms with E-state index in [1.54, 1.807) is 6.20 Å². The molecule has 6 nitrogen and oxygen atoms in total. The number of anilines is 1. The van der Waals surface area contributed by atoms with Crippen molar-refractivity contribution in [3.8, 4) is 0 Å². The van der Waals surface area contributed by atoms with Crippen molar-refractivity contribution in [2.75, 3.05) is 5.73 Å². The average Bonchev–Trinajstić information content (AvgIpc) is 2.78. The van der Waals surface area contributed by atoms with E-state index in [4.69, 9.17) is 5.73 Å². The fraction of sp³-hybridized carbons (Fsp3) is 0.154. The molecule has 0 radical (unpaired) electrons. The van der Waals surface area contributed by atoms with Crippen LogP contribution in [0.2, 0.25) is 0 Å². The summed E-state index contributed by atoms with van der Waals surface area (Å²) in [6, 6.07) is 2.35. The summed E-state index contributed by atoms with van der Waals surface area (Å²) in [5, 5.41) is 7.05. The first-order chi connectivity index (χ1) is 9.56. The highest BCUT2D eigenvalue weighted by Gasteiger charge is 2.13. The molecular formula is C13H12FN5O. The Labute approximate surface area is 113 Å². The topological polar surface area (TPSA) is 89.6 Å². The number of fused-ring (bicyclic) bond motifs is 1. The molecule has 0 amide bonds.